The van der Waals surface area contributed by atoms with E-state index in [1.807, 2.05) is 37.3 Å². The molecule has 0 aliphatic rings. The summed E-state index contributed by atoms with van der Waals surface area (Å²) in [5.74, 6) is -0.500. The number of rotatable bonds is 7. The van der Waals surface area contributed by atoms with Crippen molar-refractivity contribution in [2.24, 2.45) is 5.73 Å². The molecule has 0 aliphatic heterocycles. The molecule has 0 radical (unpaired) electrons. The second-order valence-corrected chi connectivity index (χ2v) is 4.83. The highest BCUT2D eigenvalue weighted by Gasteiger charge is 2.19. The Labute approximate surface area is 119 Å². The number of hydrogen-bond acceptors (Lipinski definition) is 3. The van der Waals surface area contributed by atoms with E-state index in [4.69, 9.17) is 5.73 Å². The van der Waals surface area contributed by atoms with Gasteiger partial charge in [-0.3, -0.25) is 9.59 Å². The van der Waals surface area contributed by atoms with E-state index in [1.54, 1.807) is 6.92 Å². The average molecular weight is 277 g/mol. The molecule has 5 heteroatoms. The van der Waals surface area contributed by atoms with Gasteiger partial charge in [0.25, 0.3) is 0 Å². The number of nitrogens with one attached hydrogen (secondary N) is 2. The minimum Gasteiger partial charge on any atom is -0.350 e. The van der Waals surface area contributed by atoms with Crippen LogP contribution in [-0.4, -0.2) is 23.9 Å². The standard InChI is InChI=1S/C15H23N3O2/c1-3-7-13(16)15(20)18-11(2)14(19)17-10-12-8-5-4-6-9-12/h4-6,8-9,11,13H,3,7,10,16H2,1-2H3,(H,17,19)(H,18,20). The molecule has 4 N–H and O–H groups in total. The second-order valence-electron chi connectivity index (χ2n) is 4.83. The summed E-state index contributed by atoms with van der Waals surface area (Å²) < 4.78 is 0. The van der Waals surface area contributed by atoms with Crippen LogP contribution in [-0.2, 0) is 16.1 Å². The molecular weight excluding hydrogens is 254 g/mol. The number of hydrogen-bond donors (Lipinski definition) is 3. The van der Waals surface area contributed by atoms with E-state index in [1.165, 1.54) is 0 Å². The van der Waals surface area contributed by atoms with Gasteiger partial charge in [0.15, 0.2) is 0 Å². The molecule has 0 aromatic heterocycles. The Bertz CT molecular complexity index is 434. The van der Waals surface area contributed by atoms with Crippen LogP contribution in [0.3, 0.4) is 0 Å². The predicted molar refractivity (Wildman–Crippen MR) is 78.8 cm³/mol. The van der Waals surface area contributed by atoms with Crippen LogP contribution in [0.15, 0.2) is 30.3 Å². The summed E-state index contributed by atoms with van der Waals surface area (Å²) in [6, 6.07) is 8.47. The van der Waals surface area contributed by atoms with Gasteiger partial charge in [-0.2, -0.15) is 0 Å². The van der Waals surface area contributed by atoms with Gasteiger partial charge in [-0.25, -0.2) is 0 Å². The van der Waals surface area contributed by atoms with E-state index in [9.17, 15) is 9.59 Å². The maximum atomic E-state index is 11.9. The lowest BCUT2D eigenvalue weighted by Crippen LogP contribution is -2.50. The highest BCUT2D eigenvalue weighted by molar-refractivity contribution is 5.89. The maximum Gasteiger partial charge on any atom is 0.242 e. The van der Waals surface area contributed by atoms with Crippen LogP contribution in [0.1, 0.15) is 32.3 Å². The Hall–Kier alpha value is -1.88. The first-order chi connectivity index (χ1) is 9.54. The van der Waals surface area contributed by atoms with Crippen molar-refractivity contribution < 1.29 is 9.59 Å². The Morgan fingerprint density at radius 3 is 2.45 bits per heavy atom. The van der Waals surface area contributed by atoms with Gasteiger partial charge < -0.3 is 16.4 Å². The largest absolute Gasteiger partial charge is 0.350 e. The monoisotopic (exact) mass is 277 g/mol. The van der Waals surface area contributed by atoms with Gasteiger partial charge in [0, 0.05) is 6.54 Å². The SMILES string of the molecule is CCCC(N)C(=O)NC(C)C(=O)NCc1ccccc1. The summed E-state index contributed by atoms with van der Waals surface area (Å²) in [4.78, 5) is 23.6. The molecular formula is C15H23N3O2. The summed E-state index contributed by atoms with van der Waals surface area (Å²) in [6.45, 7) is 4.06. The molecule has 0 aliphatic carbocycles. The minimum absolute atomic E-state index is 0.217. The van der Waals surface area contributed by atoms with Crippen LogP contribution in [0.4, 0.5) is 0 Å². The highest BCUT2D eigenvalue weighted by atomic mass is 16.2. The molecule has 20 heavy (non-hydrogen) atoms. The quantitative estimate of drug-likeness (QED) is 0.693. The molecule has 0 fully saturated rings. The van der Waals surface area contributed by atoms with E-state index in [0.717, 1.165) is 12.0 Å². The molecule has 1 aromatic rings. The summed E-state index contributed by atoms with van der Waals surface area (Å²) in [5, 5.41) is 5.41. The highest BCUT2D eigenvalue weighted by Crippen LogP contribution is 1.98. The number of nitrogens with two attached hydrogens (primary N) is 1. The number of carbonyl (C=O) groups is 2. The lowest BCUT2D eigenvalue weighted by atomic mass is 10.1. The first kappa shape index (κ1) is 16.2. The predicted octanol–water partition coefficient (Wildman–Crippen LogP) is 0.935. The Balaban J connectivity index is 2.37. The van der Waals surface area contributed by atoms with Gasteiger partial charge >= 0.3 is 0 Å². The summed E-state index contributed by atoms with van der Waals surface area (Å²) >= 11 is 0. The molecule has 5 nitrogen and oxygen atoms in total. The van der Waals surface area contributed by atoms with Crippen molar-refractivity contribution in [2.75, 3.05) is 0 Å². The van der Waals surface area contributed by atoms with Crippen LogP contribution in [0, 0.1) is 0 Å². The fourth-order valence-electron chi connectivity index (χ4n) is 1.77. The van der Waals surface area contributed by atoms with Crippen LogP contribution in [0.25, 0.3) is 0 Å². The zero-order valence-electron chi connectivity index (χ0n) is 12.1. The molecule has 0 spiro atoms. The van der Waals surface area contributed by atoms with Gasteiger partial charge in [-0.15, -0.1) is 0 Å². The second kappa shape index (κ2) is 8.32. The van der Waals surface area contributed by atoms with E-state index < -0.39 is 12.1 Å². The molecule has 1 rings (SSSR count). The molecule has 0 saturated carbocycles. The fraction of sp³-hybridized carbons (Fsp3) is 0.467. The maximum absolute atomic E-state index is 11.9. The zero-order valence-corrected chi connectivity index (χ0v) is 12.1. The zero-order chi connectivity index (χ0) is 15.0. The molecule has 0 heterocycles. The van der Waals surface area contributed by atoms with Crippen molar-refractivity contribution in [3.63, 3.8) is 0 Å². The molecule has 110 valence electrons. The first-order valence-corrected chi connectivity index (χ1v) is 6.92. The van der Waals surface area contributed by atoms with Gasteiger partial charge in [-0.1, -0.05) is 43.7 Å². The number of amides is 2. The molecule has 2 atom stereocenters. The topological polar surface area (TPSA) is 84.2 Å². The van der Waals surface area contributed by atoms with Crippen LogP contribution >= 0.6 is 0 Å². The molecule has 2 amide bonds. The smallest absolute Gasteiger partial charge is 0.242 e. The number of benzene rings is 1. The van der Waals surface area contributed by atoms with Gasteiger partial charge in [-0.05, 0) is 18.9 Å². The van der Waals surface area contributed by atoms with Crippen LogP contribution in [0.2, 0.25) is 0 Å². The van der Waals surface area contributed by atoms with Gasteiger partial charge in [0.1, 0.15) is 6.04 Å². The van der Waals surface area contributed by atoms with Crippen molar-refractivity contribution in [1.82, 2.24) is 10.6 Å². The normalized spacial score (nSPS) is 13.3. The summed E-state index contributed by atoms with van der Waals surface area (Å²) in [5.41, 5.74) is 6.71. The van der Waals surface area contributed by atoms with Gasteiger partial charge in [0.2, 0.25) is 11.8 Å². The first-order valence-electron chi connectivity index (χ1n) is 6.92. The van der Waals surface area contributed by atoms with Crippen LogP contribution < -0.4 is 16.4 Å². The third-order valence-corrected chi connectivity index (χ3v) is 3.00. The van der Waals surface area contributed by atoms with E-state index >= 15 is 0 Å². The Morgan fingerprint density at radius 2 is 1.85 bits per heavy atom. The van der Waals surface area contributed by atoms with Crippen LogP contribution in [0.5, 0.6) is 0 Å². The molecule has 2 unspecified atom stereocenters. The fourth-order valence-corrected chi connectivity index (χ4v) is 1.77. The Morgan fingerprint density at radius 1 is 1.20 bits per heavy atom. The Kier molecular flexibility index (Phi) is 6.73. The molecule has 1 aromatic carbocycles. The number of carbonyl (C=O) groups excluding carboxylic acids is 2. The van der Waals surface area contributed by atoms with Crippen molar-refractivity contribution >= 4 is 11.8 Å². The van der Waals surface area contributed by atoms with E-state index in [2.05, 4.69) is 10.6 Å². The average Bonchev–Trinajstić information content (AvgIpc) is 2.45. The molecule has 0 bridgehead atoms. The third kappa shape index (κ3) is 5.40. The van der Waals surface area contributed by atoms with Crippen molar-refractivity contribution in [1.29, 1.82) is 0 Å². The lowest BCUT2D eigenvalue weighted by Gasteiger charge is -2.17. The summed E-state index contributed by atoms with van der Waals surface area (Å²) in [7, 11) is 0. The van der Waals surface area contributed by atoms with Gasteiger partial charge in [0.05, 0.1) is 6.04 Å². The van der Waals surface area contributed by atoms with Crippen molar-refractivity contribution in [2.45, 2.75) is 45.3 Å². The molecule has 0 saturated heterocycles. The third-order valence-electron chi connectivity index (χ3n) is 3.00. The van der Waals surface area contributed by atoms with Crippen molar-refractivity contribution in [3.8, 4) is 0 Å². The summed E-state index contributed by atoms with van der Waals surface area (Å²) in [6.07, 6.45) is 1.45. The lowest BCUT2D eigenvalue weighted by molar-refractivity contribution is -0.129. The van der Waals surface area contributed by atoms with Crippen molar-refractivity contribution in [3.05, 3.63) is 35.9 Å². The minimum atomic E-state index is -0.589. The van der Waals surface area contributed by atoms with E-state index in [0.29, 0.717) is 13.0 Å². The van der Waals surface area contributed by atoms with E-state index in [-0.39, 0.29) is 11.8 Å².